The molecule has 1 aliphatic heterocycles. The number of piperazine rings is 1. The molecule has 0 radical (unpaired) electrons. The maximum absolute atomic E-state index is 11.7. The van der Waals surface area contributed by atoms with Gasteiger partial charge in [-0.05, 0) is 44.3 Å². The summed E-state index contributed by atoms with van der Waals surface area (Å²) in [5.41, 5.74) is 3.47. The Morgan fingerprint density at radius 2 is 1.81 bits per heavy atom. The minimum absolute atomic E-state index is 0.114. The van der Waals surface area contributed by atoms with Crippen LogP contribution in [0.4, 0.5) is 22.7 Å². The molecule has 27 heavy (non-hydrogen) atoms. The summed E-state index contributed by atoms with van der Waals surface area (Å²) in [6.45, 7) is 8.20. The molecule has 1 aliphatic rings. The van der Waals surface area contributed by atoms with Gasteiger partial charge < -0.3 is 25.1 Å². The number of hydrogen-bond donors (Lipinski definition) is 2. The first-order chi connectivity index (χ1) is 13.0. The van der Waals surface area contributed by atoms with E-state index in [2.05, 4.69) is 34.3 Å². The molecule has 6 nitrogen and oxygen atoms in total. The molecule has 0 unspecified atom stereocenters. The van der Waals surface area contributed by atoms with Gasteiger partial charge in [0.25, 0.3) is 0 Å². The Balaban J connectivity index is 2.02. The lowest BCUT2D eigenvalue weighted by atomic mass is 10.1. The van der Waals surface area contributed by atoms with Crippen molar-refractivity contribution in [1.29, 1.82) is 0 Å². The average molecular weight is 368 g/mol. The molecule has 0 spiro atoms. The van der Waals surface area contributed by atoms with Crippen molar-refractivity contribution in [3.63, 3.8) is 0 Å². The minimum Gasteiger partial charge on any atom is -0.506 e. The van der Waals surface area contributed by atoms with Gasteiger partial charge in [0.15, 0.2) is 0 Å². The number of aromatic hydroxyl groups is 1. The van der Waals surface area contributed by atoms with Crippen molar-refractivity contribution in [1.82, 2.24) is 4.90 Å². The van der Waals surface area contributed by atoms with E-state index >= 15 is 0 Å². The summed E-state index contributed by atoms with van der Waals surface area (Å²) in [5.74, 6) is 0.107. The zero-order valence-electron chi connectivity index (χ0n) is 16.3. The van der Waals surface area contributed by atoms with Crippen LogP contribution in [0.2, 0.25) is 0 Å². The van der Waals surface area contributed by atoms with Crippen molar-refractivity contribution >= 4 is 28.7 Å². The second-order valence-electron chi connectivity index (χ2n) is 6.91. The van der Waals surface area contributed by atoms with Crippen LogP contribution in [0.3, 0.4) is 0 Å². The van der Waals surface area contributed by atoms with E-state index in [1.807, 2.05) is 36.1 Å². The maximum atomic E-state index is 11.7. The number of phenolic OH excluding ortho intramolecular Hbond substituents is 1. The number of phenols is 1. The van der Waals surface area contributed by atoms with Crippen LogP contribution >= 0.6 is 0 Å². The number of amides is 1. The largest absolute Gasteiger partial charge is 0.506 e. The fraction of sp³-hybridized carbons (Fsp3) is 0.381. The average Bonchev–Trinajstić information content (AvgIpc) is 2.65. The van der Waals surface area contributed by atoms with Crippen molar-refractivity contribution in [2.24, 2.45) is 0 Å². The molecular formula is C21H28N4O2. The molecule has 144 valence electrons. The second kappa shape index (κ2) is 8.31. The van der Waals surface area contributed by atoms with Crippen LogP contribution < -0.4 is 15.1 Å². The van der Waals surface area contributed by atoms with Crippen molar-refractivity contribution in [3.8, 4) is 5.75 Å². The Morgan fingerprint density at radius 1 is 1.11 bits per heavy atom. The Labute approximate surface area is 161 Å². The normalized spacial score (nSPS) is 14.9. The Kier molecular flexibility index (Phi) is 5.86. The molecule has 6 heteroatoms. The molecule has 1 heterocycles. The van der Waals surface area contributed by atoms with Gasteiger partial charge in [0.05, 0.1) is 17.1 Å². The smallest absolute Gasteiger partial charge is 0.221 e. The zero-order valence-corrected chi connectivity index (χ0v) is 16.3. The van der Waals surface area contributed by atoms with Crippen LogP contribution in [-0.4, -0.2) is 55.7 Å². The monoisotopic (exact) mass is 368 g/mol. The van der Waals surface area contributed by atoms with Gasteiger partial charge in [-0.2, -0.15) is 0 Å². The Morgan fingerprint density at radius 3 is 2.44 bits per heavy atom. The molecule has 3 rings (SSSR count). The SMILES string of the molecule is CCN(c1ccccc1O)c1cc(N2CCN(C)CC2)ccc1NC(C)=O. The highest BCUT2D eigenvalue weighted by molar-refractivity contribution is 5.95. The lowest BCUT2D eigenvalue weighted by molar-refractivity contribution is -0.114. The van der Waals surface area contributed by atoms with Gasteiger partial charge in [0.1, 0.15) is 5.75 Å². The summed E-state index contributed by atoms with van der Waals surface area (Å²) in [4.78, 5) is 18.4. The van der Waals surface area contributed by atoms with Crippen LogP contribution in [0.1, 0.15) is 13.8 Å². The summed E-state index contributed by atoms with van der Waals surface area (Å²) >= 11 is 0. The molecule has 2 aromatic carbocycles. The van der Waals surface area contributed by atoms with E-state index in [-0.39, 0.29) is 11.7 Å². The third-order valence-electron chi connectivity index (χ3n) is 4.94. The Hall–Kier alpha value is -2.73. The number of benzene rings is 2. The van der Waals surface area contributed by atoms with Gasteiger partial charge >= 0.3 is 0 Å². The van der Waals surface area contributed by atoms with Gasteiger partial charge in [-0.3, -0.25) is 4.79 Å². The minimum atomic E-state index is -0.114. The lowest BCUT2D eigenvalue weighted by Gasteiger charge is -2.35. The molecule has 0 atom stereocenters. The van der Waals surface area contributed by atoms with Crippen LogP contribution in [-0.2, 0) is 4.79 Å². The van der Waals surface area contributed by atoms with E-state index in [4.69, 9.17) is 0 Å². The van der Waals surface area contributed by atoms with E-state index in [0.29, 0.717) is 6.54 Å². The summed E-state index contributed by atoms with van der Waals surface area (Å²) in [6.07, 6.45) is 0. The fourth-order valence-electron chi connectivity index (χ4n) is 3.46. The fourth-order valence-corrected chi connectivity index (χ4v) is 3.46. The number of carbonyl (C=O) groups excluding carboxylic acids is 1. The highest BCUT2D eigenvalue weighted by Gasteiger charge is 2.20. The molecule has 0 bridgehead atoms. The van der Waals surface area contributed by atoms with Crippen LogP contribution in [0.5, 0.6) is 5.75 Å². The summed E-state index contributed by atoms with van der Waals surface area (Å²) < 4.78 is 0. The van der Waals surface area contributed by atoms with Crippen LogP contribution in [0.25, 0.3) is 0 Å². The maximum Gasteiger partial charge on any atom is 0.221 e. The number of rotatable bonds is 5. The molecule has 1 amide bonds. The molecule has 2 aromatic rings. The first-order valence-corrected chi connectivity index (χ1v) is 9.40. The molecule has 1 saturated heterocycles. The summed E-state index contributed by atoms with van der Waals surface area (Å²) in [5, 5.41) is 13.3. The highest BCUT2D eigenvalue weighted by Crippen LogP contribution is 2.39. The number of hydrogen-bond acceptors (Lipinski definition) is 5. The predicted molar refractivity (Wildman–Crippen MR) is 111 cm³/mol. The standard InChI is InChI=1S/C21H28N4O2/c1-4-25(19-7-5-6-8-21(19)27)20-15-17(9-10-18(20)22-16(2)26)24-13-11-23(3)12-14-24/h5-10,15,27H,4,11-14H2,1-3H3,(H,22,26). The summed E-state index contributed by atoms with van der Waals surface area (Å²) in [6, 6.07) is 13.4. The third-order valence-corrected chi connectivity index (χ3v) is 4.94. The number of anilines is 4. The number of carbonyl (C=O) groups is 1. The highest BCUT2D eigenvalue weighted by atomic mass is 16.3. The quantitative estimate of drug-likeness (QED) is 0.848. The third kappa shape index (κ3) is 4.34. The van der Waals surface area contributed by atoms with Gasteiger partial charge in [-0.1, -0.05) is 12.1 Å². The molecule has 1 fully saturated rings. The molecular weight excluding hydrogens is 340 g/mol. The van der Waals surface area contributed by atoms with Gasteiger partial charge in [0.2, 0.25) is 5.91 Å². The number of para-hydroxylation sites is 2. The predicted octanol–water partition coefficient (Wildman–Crippen LogP) is 3.26. The Bertz CT molecular complexity index is 801. The number of likely N-dealkylation sites (N-methyl/N-ethyl adjacent to an activating group) is 1. The van der Waals surface area contributed by atoms with E-state index in [1.165, 1.54) is 6.92 Å². The first kappa shape index (κ1) is 19.0. The van der Waals surface area contributed by atoms with Crippen molar-refractivity contribution in [2.75, 3.05) is 54.9 Å². The van der Waals surface area contributed by atoms with Crippen LogP contribution in [0, 0.1) is 0 Å². The zero-order chi connectivity index (χ0) is 19.4. The van der Waals surface area contributed by atoms with Crippen molar-refractivity contribution in [3.05, 3.63) is 42.5 Å². The van der Waals surface area contributed by atoms with Gasteiger partial charge in [0, 0.05) is 45.3 Å². The molecule has 0 saturated carbocycles. The molecule has 2 N–H and O–H groups in total. The lowest BCUT2D eigenvalue weighted by Crippen LogP contribution is -2.44. The molecule has 0 aliphatic carbocycles. The number of nitrogens with zero attached hydrogens (tertiary/aromatic N) is 3. The van der Waals surface area contributed by atoms with E-state index in [0.717, 1.165) is 48.9 Å². The van der Waals surface area contributed by atoms with Crippen LogP contribution in [0.15, 0.2) is 42.5 Å². The molecule has 0 aromatic heterocycles. The van der Waals surface area contributed by atoms with Crippen molar-refractivity contribution < 1.29 is 9.90 Å². The number of nitrogens with one attached hydrogen (secondary N) is 1. The van der Waals surface area contributed by atoms with Crippen molar-refractivity contribution in [2.45, 2.75) is 13.8 Å². The second-order valence-corrected chi connectivity index (χ2v) is 6.91. The van der Waals surface area contributed by atoms with E-state index in [1.54, 1.807) is 6.07 Å². The summed E-state index contributed by atoms with van der Waals surface area (Å²) in [7, 11) is 2.14. The van der Waals surface area contributed by atoms with E-state index in [9.17, 15) is 9.90 Å². The first-order valence-electron chi connectivity index (χ1n) is 9.40. The topological polar surface area (TPSA) is 59.1 Å². The van der Waals surface area contributed by atoms with E-state index < -0.39 is 0 Å². The van der Waals surface area contributed by atoms with Gasteiger partial charge in [-0.25, -0.2) is 0 Å². The van der Waals surface area contributed by atoms with Gasteiger partial charge in [-0.15, -0.1) is 0 Å².